The fourth-order valence-electron chi connectivity index (χ4n) is 2.87. The molecule has 0 spiro atoms. The second kappa shape index (κ2) is 9.62. The quantitative estimate of drug-likeness (QED) is 0.370. The van der Waals surface area contributed by atoms with Gasteiger partial charge in [-0.1, -0.05) is 48.5 Å². The summed E-state index contributed by atoms with van der Waals surface area (Å²) < 4.78 is 5.64. The second-order valence-electron chi connectivity index (χ2n) is 5.94. The molecule has 1 aliphatic heterocycles. The minimum Gasteiger partial charge on any atom is -0.493 e. The Morgan fingerprint density at radius 1 is 1.20 bits per heavy atom. The summed E-state index contributed by atoms with van der Waals surface area (Å²) in [4.78, 5) is 4.28. The number of nitrogens with two attached hydrogens (primary N) is 1. The molecule has 0 aromatic heterocycles. The molecule has 2 aromatic carbocycles. The van der Waals surface area contributed by atoms with E-state index in [1.165, 1.54) is 0 Å². The molecule has 0 saturated carbocycles. The van der Waals surface area contributed by atoms with Crippen LogP contribution in [-0.2, 0) is 6.42 Å². The van der Waals surface area contributed by atoms with Crippen LogP contribution in [0.25, 0.3) is 0 Å². The number of nitrogens with one attached hydrogen (secondary N) is 1. The van der Waals surface area contributed by atoms with Gasteiger partial charge in [-0.3, -0.25) is 4.99 Å². The van der Waals surface area contributed by atoms with Crippen LogP contribution in [-0.4, -0.2) is 30.3 Å². The molecule has 5 nitrogen and oxygen atoms in total. The summed E-state index contributed by atoms with van der Waals surface area (Å²) in [6.07, 6.45) is 0.854. The van der Waals surface area contributed by atoms with Crippen molar-refractivity contribution < 1.29 is 9.84 Å². The van der Waals surface area contributed by atoms with Crippen molar-refractivity contribution in [2.45, 2.75) is 25.0 Å². The molecule has 134 valence electrons. The molecular formula is C19H24IN3O2. The van der Waals surface area contributed by atoms with Gasteiger partial charge in [0.1, 0.15) is 5.75 Å². The monoisotopic (exact) mass is 453 g/mol. The van der Waals surface area contributed by atoms with Crippen LogP contribution < -0.4 is 15.8 Å². The number of fused-ring (bicyclic) bond motifs is 1. The minimum absolute atomic E-state index is 0. The van der Waals surface area contributed by atoms with Crippen LogP contribution in [0.4, 0.5) is 0 Å². The second-order valence-corrected chi connectivity index (χ2v) is 5.94. The first kappa shape index (κ1) is 19.5. The highest BCUT2D eigenvalue weighted by Gasteiger charge is 2.21. The molecule has 1 heterocycles. The van der Waals surface area contributed by atoms with E-state index in [0.29, 0.717) is 19.0 Å². The van der Waals surface area contributed by atoms with Crippen LogP contribution in [0.15, 0.2) is 59.6 Å². The first-order valence-corrected chi connectivity index (χ1v) is 8.22. The molecule has 1 aliphatic rings. The van der Waals surface area contributed by atoms with Crippen molar-refractivity contribution in [3.63, 3.8) is 0 Å². The van der Waals surface area contributed by atoms with Crippen LogP contribution in [0.1, 0.15) is 23.6 Å². The number of nitrogens with zero attached hydrogens (tertiary/aromatic N) is 1. The fraction of sp³-hybridized carbons (Fsp3) is 0.316. The van der Waals surface area contributed by atoms with Gasteiger partial charge in [0.25, 0.3) is 0 Å². The molecular weight excluding hydrogens is 429 g/mol. The first-order valence-electron chi connectivity index (χ1n) is 8.22. The largest absolute Gasteiger partial charge is 0.493 e. The van der Waals surface area contributed by atoms with Crippen molar-refractivity contribution in [1.82, 2.24) is 5.32 Å². The Bertz CT molecular complexity index is 694. The molecule has 0 fully saturated rings. The van der Waals surface area contributed by atoms with E-state index >= 15 is 0 Å². The standard InChI is InChI=1S/C19H23N3O2.HI/c20-19(21-13-15(23)12-14-6-2-1-3-7-14)22-17-10-11-24-18-9-5-4-8-16(17)18;/h1-9,15,17,23H,10-13H2,(H3,20,21,22);1H. The van der Waals surface area contributed by atoms with E-state index in [4.69, 9.17) is 10.5 Å². The zero-order chi connectivity index (χ0) is 16.8. The summed E-state index contributed by atoms with van der Waals surface area (Å²) in [6, 6.07) is 17.9. The first-order chi connectivity index (χ1) is 11.7. The van der Waals surface area contributed by atoms with E-state index in [1.807, 2.05) is 54.6 Å². The lowest BCUT2D eigenvalue weighted by Crippen LogP contribution is -2.38. The maximum atomic E-state index is 10.1. The van der Waals surface area contributed by atoms with E-state index < -0.39 is 6.10 Å². The Balaban J connectivity index is 0.00000225. The maximum Gasteiger partial charge on any atom is 0.189 e. The van der Waals surface area contributed by atoms with E-state index in [-0.39, 0.29) is 36.6 Å². The number of aliphatic imine (C=N–C) groups is 1. The Kier molecular flexibility index (Phi) is 7.52. The Morgan fingerprint density at radius 2 is 1.92 bits per heavy atom. The summed E-state index contributed by atoms with van der Waals surface area (Å²) in [5.74, 6) is 1.24. The van der Waals surface area contributed by atoms with Gasteiger partial charge >= 0.3 is 0 Å². The topological polar surface area (TPSA) is 79.9 Å². The van der Waals surface area contributed by atoms with Crippen molar-refractivity contribution >= 4 is 29.9 Å². The number of benzene rings is 2. The van der Waals surface area contributed by atoms with Gasteiger partial charge < -0.3 is 20.9 Å². The van der Waals surface area contributed by atoms with E-state index in [1.54, 1.807) is 0 Å². The number of hydrogen-bond acceptors (Lipinski definition) is 3. The van der Waals surface area contributed by atoms with Crippen LogP contribution >= 0.6 is 24.0 Å². The lowest BCUT2D eigenvalue weighted by atomic mass is 10.0. The predicted octanol–water partition coefficient (Wildman–Crippen LogP) is 2.64. The number of rotatable bonds is 5. The summed E-state index contributed by atoms with van der Waals surface area (Å²) >= 11 is 0. The minimum atomic E-state index is -0.547. The third kappa shape index (κ3) is 5.61. The summed E-state index contributed by atoms with van der Waals surface area (Å²) in [5, 5.41) is 13.3. The van der Waals surface area contributed by atoms with Crippen LogP contribution in [0.5, 0.6) is 5.75 Å². The van der Waals surface area contributed by atoms with Crippen molar-refractivity contribution in [3.05, 3.63) is 65.7 Å². The average Bonchev–Trinajstić information content (AvgIpc) is 2.61. The molecule has 2 aromatic rings. The summed E-state index contributed by atoms with van der Waals surface area (Å²) in [6.45, 7) is 0.928. The number of para-hydroxylation sites is 1. The molecule has 2 atom stereocenters. The predicted molar refractivity (Wildman–Crippen MR) is 110 cm³/mol. The molecule has 0 aliphatic carbocycles. The number of ether oxygens (including phenoxy) is 1. The maximum absolute atomic E-state index is 10.1. The van der Waals surface area contributed by atoms with Gasteiger partial charge in [-0.05, 0) is 11.6 Å². The van der Waals surface area contributed by atoms with Crippen LogP contribution in [0.2, 0.25) is 0 Å². The van der Waals surface area contributed by atoms with E-state index in [2.05, 4.69) is 10.3 Å². The molecule has 0 amide bonds. The molecule has 25 heavy (non-hydrogen) atoms. The highest BCUT2D eigenvalue weighted by molar-refractivity contribution is 14.0. The zero-order valence-electron chi connectivity index (χ0n) is 14.0. The highest BCUT2D eigenvalue weighted by Crippen LogP contribution is 2.31. The van der Waals surface area contributed by atoms with Crippen LogP contribution in [0.3, 0.4) is 0 Å². The summed E-state index contributed by atoms with van der Waals surface area (Å²) in [5.41, 5.74) is 8.17. The SMILES string of the molecule is I.NC(=NCC(O)Cc1ccccc1)NC1CCOc2ccccc21. The number of hydrogen-bond donors (Lipinski definition) is 3. The van der Waals surface area contributed by atoms with Gasteiger partial charge in [0.2, 0.25) is 0 Å². The lowest BCUT2D eigenvalue weighted by molar-refractivity contribution is 0.183. The molecule has 6 heteroatoms. The highest BCUT2D eigenvalue weighted by atomic mass is 127. The Morgan fingerprint density at radius 3 is 2.72 bits per heavy atom. The zero-order valence-corrected chi connectivity index (χ0v) is 16.3. The average molecular weight is 453 g/mol. The molecule has 3 rings (SSSR count). The number of halogens is 1. The number of aliphatic hydroxyl groups is 1. The van der Waals surface area contributed by atoms with Gasteiger partial charge in [0, 0.05) is 18.4 Å². The molecule has 4 N–H and O–H groups in total. The van der Waals surface area contributed by atoms with Gasteiger partial charge in [0.05, 0.1) is 25.3 Å². The Labute approximate surface area is 165 Å². The molecule has 0 bridgehead atoms. The van der Waals surface area contributed by atoms with E-state index in [0.717, 1.165) is 23.3 Å². The Hall–Kier alpha value is -1.80. The van der Waals surface area contributed by atoms with E-state index in [9.17, 15) is 5.11 Å². The molecule has 2 unspecified atom stereocenters. The van der Waals surface area contributed by atoms with Gasteiger partial charge in [-0.2, -0.15) is 0 Å². The molecule has 0 saturated heterocycles. The number of aliphatic hydroxyl groups excluding tert-OH is 1. The smallest absolute Gasteiger partial charge is 0.189 e. The van der Waals surface area contributed by atoms with Gasteiger partial charge in [-0.25, -0.2) is 0 Å². The van der Waals surface area contributed by atoms with Crippen molar-refractivity contribution in [3.8, 4) is 5.75 Å². The fourth-order valence-corrected chi connectivity index (χ4v) is 2.87. The van der Waals surface area contributed by atoms with Gasteiger partial charge in [0.15, 0.2) is 5.96 Å². The molecule has 0 radical (unpaired) electrons. The van der Waals surface area contributed by atoms with Gasteiger partial charge in [-0.15, -0.1) is 24.0 Å². The van der Waals surface area contributed by atoms with Crippen molar-refractivity contribution in [1.29, 1.82) is 0 Å². The third-order valence-electron chi connectivity index (χ3n) is 4.07. The summed E-state index contributed by atoms with van der Waals surface area (Å²) in [7, 11) is 0. The van der Waals surface area contributed by atoms with Crippen molar-refractivity contribution in [2.75, 3.05) is 13.2 Å². The van der Waals surface area contributed by atoms with Crippen molar-refractivity contribution in [2.24, 2.45) is 10.7 Å². The normalized spacial score (nSPS) is 17.6. The van der Waals surface area contributed by atoms with Crippen LogP contribution in [0, 0.1) is 0 Å². The third-order valence-corrected chi connectivity index (χ3v) is 4.07. The number of guanidine groups is 1. The lowest BCUT2D eigenvalue weighted by Gasteiger charge is -2.27.